The van der Waals surface area contributed by atoms with Crippen LogP contribution < -0.4 is 4.90 Å². The number of nitrogens with zero attached hydrogens (tertiary/aromatic N) is 1. The van der Waals surface area contributed by atoms with Crippen molar-refractivity contribution in [2.75, 3.05) is 18.0 Å². The SMILES string of the molecule is C=C(C)CN1CC(C)(C)c2ccccc21. The molecule has 1 heterocycles. The van der Waals surface area contributed by atoms with Crippen molar-refractivity contribution in [3.63, 3.8) is 0 Å². The van der Waals surface area contributed by atoms with E-state index in [0.29, 0.717) is 0 Å². The van der Waals surface area contributed by atoms with E-state index in [1.807, 2.05) is 0 Å². The van der Waals surface area contributed by atoms with Crippen molar-refractivity contribution < 1.29 is 0 Å². The molecule has 2 rings (SSSR count). The average Bonchev–Trinajstić information content (AvgIpc) is 2.39. The van der Waals surface area contributed by atoms with Crippen LogP contribution in [0.25, 0.3) is 0 Å². The molecule has 80 valence electrons. The topological polar surface area (TPSA) is 3.24 Å². The Kier molecular flexibility index (Phi) is 2.34. The molecule has 1 aromatic rings. The van der Waals surface area contributed by atoms with Gasteiger partial charge in [0.2, 0.25) is 0 Å². The predicted octanol–water partition coefficient (Wildman–Crippen LogP) is 3.36. The number of hydrogen-bond donors (Lipinski definition) is 0. The van der Waals surface area contributed by atoms with Crippen LogP contribution in [-0.4, -0.2) is 13.1 Å². The first kappa shape index (κ1) is 10.3. The van der Waals surface area contributed by atoms with Gasteiger partial charge in [0, 0.05) is 24.2 Å². The maximum absolute atomic E-state index is 4.00. The van der Waals surface area contributed by atoms with Crippen LogP contribution in [-0.2, 0) is 5.41 Å². The molecule has 0 saturated heterocycles. The second kappa shape index (κ2) is 3.41. The Labute approximate surface area is 92.4 Å². The Morgan fingerprint density at radius 3 is 2.73 bits per heavy atom. The minimum absolute atomic E-state index is 0.270. The van der Waals surface area contributed by atoms with Gasteiger partial charge in [-0.3, -0.25) is 0 Å². The third kappa shape index (κ3) is 1.79. The summed E-state index contributed by atoms with van der Waals surface area (Å²) in [6.45, 7) is 12.8. The average molecular weight is 201 g/mol. The normalized spacial score (nSPS) is 17.7. The molecule has 0 saturated carbocycles. The molecule has 1 heteroatoms. The highest BCUT2D eigenvalue weighted by Gasteiger charge is 2.34. The van der Waals surface area contributed by atoms with Gasteiger partial charge >= 0.3 is 0 Å². The molecule has 0 bridgehead atoms. The van der Waals surface area contributed by atoms with Crippen LogP contribution in [0.3, 0.4) is 0 Å². The summed E-state index contributed by atoms with van der Waals surface area (Å²) in [6.07, 6.45) is 0. The van der Waals surface area contributed by atoms with Crippen molar-refractivity contribution in [2.24, 2.45) is 0 Å². The Balaban J connectivity index is 2.38. The van der Waals surface area contributed by atoms with E-state index in [4.69, 9.17) is 0 Å². The summed E-state index contributed by atoms with van der Waals surface area (Å²) in [4.78, 5) is 2.43. The first-order valence-electron chi connectivity index (χ1n) is 5.49. The highest BCUT2D eigenvalue weighted by molar-refractivity contribution is 5.62. The molecule has 0 N–H and O–H groups in total. The van der Waals surface area contributed by atoms with Crippen molar-refractivity contribution in [3.05, 3.63) is 42.0 Å². The third-order valence-electron chi connectivity index (χ3n) is 3.02. The molecule has 0 amide bonds. The zero-order chi connectivity index (χ0) is 11.1. The lowest BCUT2D eigenvalue weighted by molar-refractivity contribution is 0.556. The molecule has 0 spiro atoms. The number of rotatable bonds is 2. The van der Waals surface area contributed by atoms with Crippen molar-refractivity contribution in [2.45, 2.75) is 26.2 Å². The summed E-state index contributed by atoms with van der Waals surface area (Å²) < 4.78 is 0. The number of para-hydroxylation sites is 1. The van der Waals surface area contributed by atoms with Crippen molar-refractivity contribution in [1.82, 2.24) is 0 Å². The lowest BCUT2D eigenvalue weighted by Crippen LogP contribution is -2.29. The molecular formula is C14H19N. The molecular weight excluding hydrogens is 182 g/mol. The van der Waals surface area contributed by atoms with Gasteiger partial charge in [-0.2, -0.15) is 0 Å². The van der Waals surface area contributed by atoms with E-state index in [0.717, 1.165) is 13.1 Å². The maximum Gasteiger partial charge on any atom is 0.0408 e. The quantitative estimate of drug-likeness (QED) is 0.663. The van der Waals surface area contributed by atoms with E-state index in [-0.39, 0.29) is 5.41 Å². The van der Waals surface area contributed by atoms with Gasteiger partial charge in [0.05, 0.1) is 0 Å². The van der Waals surface area contributed by atoms with Crippen molar-refractivity contribution in [3.8, 4) is 0 Å². The molecule has 0 aromatic heterocycles. The fourth-order valence-electron chi connectivity index (χ4n) is 2.44. The molecule has 1 aliphatic rings. The minimum atomic E-state index is 0.270. The van der Waals surface area contributed by atoms with E-state index in [9.17, 15) is 0 Å². The molecule has 15 heavy (non-hydrogen) atoms. The van der Waals surface area contributed by atoms with Gasteiger partial charge in [-0.15, -0.1) is 0 Å². The summed E-state index contributed by atoms with van der Waals surface area (Å²) in [6, 6.07) is 8.71. The van der Waals surface area contributed by atoms with Gasteiger partial charge in [-0.05, 0) is 18.6 Å². The molecule has 1 aromatic carbocycles. The van der Waals surface area contributed by atoms with Gasteiger partial charge in [0.25, 0.3) is 0 Å². The Morgan fingerprint density at radius 2 is 2.07 bits per heavy atom. The molecule has 0 unspecified atom stereocenters. The van der Waals surface area contributed by atoms with Crippen LogP contribution in [0.1, 0.15) is 26.3 Å². The minimum Gasteiger partial charge on any atom is -0.366 e. The van der Waals surface area contributed by atoms with Gasteiger partial charge < -0.3 is 4.90 Å². The number of anilines is 1. The standard InChI is InChI=1S/C14H19N/c1-11(2)9-15-10-14(3,4)12-7-5-6-8-13(12)15/h5-8H,1,9-10H2,2-4H3. The first-order chi connectivity index (χ1) is 7.00. The summed E-state index contributed by atoms with van der Waals surface area (Å²) >= 11 is 0. The highest BCUT2D eigenvalue weighted by Crippen LogP contribution is 2.40. The van der Waals surface area contributed by atoms with Crippen LogP contribution >= 0.6 is 0 Å². The van der Waals surface area contributed by atoms with Crippen LogP contribution in [0, 0.1) is 0 Å². The second-order valence-electron chi connectivity index (χ2n) is 5.21. The van der Waals surface area contributed by atoms with Crippen LogP contribution in [0.5, 0.6) is 0 Å². The molecule has 0 fully saturated rings. The lowest BCUT2D eigenvalue weighted by atomic mass is 9.87. The molecule has 0 atom stereocenters. The third-order valence-corrected chi connectivity index (χ3v) is 3.02. The monoisotopic (exact) mass is 201 g/mol. The van der Waals surface area contributed by atoms with Crippen molar-refractivity contribution >= 4 is 5.69 Å². The lowest BCUT2D eigenvalue weighted by Gasteiger charge is -2.22. The van der Waals surface area contributed by atoms with E-state index in [1.54, 1.807) is 0 Å². The van der Waals surface area contributed by atoms with Crippen LogP contribution in [0.15, 0.2) is 36.4 Å². The second-order valence-corrected chi connectivity index (χ2v) is 5.21. The zero-order valence-corrected chi connectivity index (χ0v) is 9.88. The predicted molar refractivity (Wildman–Crippen MR) is 66.5 cm³/mol. The Bertz CT molecular complexity index is 390. The highest BCUT2D eigenvalue weighted by atomic mass is 15.2. The number of fused-ring (bicyclic) bond motifs is 1. The smallest absolute Gasteiger partial charge is 0.0408 e. The van der Waals surface area contributed by atoms with E-state index < -0.39 is 0 Å². The van der Waals surface area contributed by atoms with E-state index in [1.165, 1.54) is 16.8 Å². The van der Waals surface area contributed by atoms with E-state index >= 15 is 0 Å². The number of benzene rings is 1. The van der Waals surface area contributed by atoms with Gasteiger partial charge in [-0.1, -0.05) is 44.2 Å². The summed E-state index contributed by atoms with van der Waals surface area (Å²) in [7, 11) is 0. The molecule has 0 aliphatic carbocycles. The van der Waals surface area contributed by atoms with Crippen LogP contribution in [0.2, 0.25) is 0 Å². The fraction of sp³-hybridized carbons (Fsp3) is 0.429. The first-order valence-corrected chi connectivity index (χ1v) is 5.49. The summed E-state index contributed by atoms with van der Waals surface area (Å²) in [5.74, 6) is 0. The van der Waals surface area contributed by atoms with Gasteiger partial charge in [0.15, 0.2) is 0 Å². The van der Waals surface area contributed by atoms with Gasteiger partial charge in [-0.25, -0.2) is 0 Å². The molecule has 1 aliphatic heterocycles. The molecule has 1 nitrogen and oxygen atoms in total. The zero-order valence-electron chi connectivity index (χ0n) is 9.88. The molecule has 0 radical (unpaired) electrons. The van der Waals surface area contributed by atoms with Crippen LogP contribution in [0.4, 0.5) is 5.69 Å². The van der Waals surface area contributed by atoms with Crippen molar-refractivity contribution in [1.29, 1.82) is 0 Å². The largest absolute Gasteiger partial charge is 0.366 e. The maximum atomic E-state index is 4.00. The summed E-state index contributed by atoms with van der Waals surface area (Å²) in [5.41, 5.74) is 4.34. The Morgan fingerprint density at radius 1 is 1.40 bits per heavy atom. The summed E-state index contributed by atoms with van der Waals surface area (Å²) in [5, 5.41) is 0. The fourth-order valence-corrected chi connectivity index (χ4v) is 2.44. The Hall–Kier alpha value is -1.24. The van der Waals surface area contributed by atoms with Gasteiger partial charge in [0.1, 0.15) is 0 Å². The number of hydrogen-bond acceptors (Lipinski definition) is 1. The van der Waals surface area contributed by atoms with E-state index in [2.05, 4.69) is 56.5 Å².